The molecule has 0 aliphatic rings. The number of halogens is 1. The van der Waals surface area contributed by atoms with Gasteiger partial charge < -0.3 is 19.6 Å². The molecule has 3 rings (SSSR count). The Labute approximate surface area is 161 Å². The summed E-state index contributed by atoms with van der Waals surface area (Å²) in [5, 5.41) is 6.74. The molecule has 2 aromatic carbocycles. The van der Waals surface area contributed by atoms with Gasteiger partial charge in [0.25, 0.3) is 0 Å². The number of ether oxygens (including phenoxy) is 2. The fraction of sp³-hybridized carbons (Fsp3) is 0.150. The van der Waals surface area contributed by atoms with Crippen molar-refractivity contribution in [3.8, 4) is 17.5 Å². The quantitative estimate of drug-likeness (QED) is 0.473. The Balaban J connectivity index is 1.60. The van der Waals surface area contributed by atoms with Crippen LogP contribution in [0.15, 0.2) is 59.9 Å². The van der Waals surface area contributed by atoms with E-state index in [9.17, 15) is 4.39 Å². The van der Waals surface area contributed by atoms with Crippen molar-refractivity contribution in [2.24, 2.45) is 5.16 Å². The molecule has 1 aromatic heterocycles. The fourth-order valence-corrected chi connectivity index (χ4v) is 2.27. The molecule has 0 bridgehead atoms. The van der Waals surface area contributed by atoms with Gasteiger partial charge in [0.15, 0.2) is 11.6 Å². The Morgan fingerprint density at radius 3 is 2.29 bits per heavy atom. The first-order valence-electron chi connectivity index (χ1n) is 8.41. The molecule has 8 heteroatoms. The minimum atomic E-state index is -0.583. The summed E-state index contributed by atoms with van der Waals surface area (Å²) in [5.41, 5.74) is 1.75. The predicted molar refractivity (Wildman–Crippen MR) is 104 cm³/mol. The molecule has 1 heterocycles. The van der Waals surface area contributed by atoms with Crippen molar-refractivity contribution in [3.05, 3.63) is 71.7 Å². The normalized spacial score (nSPS) is 10.7. The van der Waals surface area contributed by atoms with E-state index in [1.165, 1.54) is 6.21 Å². The van der Waals surface area contributed by atoms with E-state index in [1.807, 2.05) is 36.4 Å². The van der Waals surface area contributed by atoms with Crippen LogP contribution in [0.1, 0.15) is 11.1 Å². The summed E-state index contributed by atoms with van der Waals surface area (Å²) in [5.74, 6) is 0.940. The van der Waals surface area contributed by atoms with Crippen molar-refractivity contribution in [3.63, 3.8) is 0 Å². The van der Waals surface area contributed by atoms with Crippen molar-refractivity contribution in [1.82, 2.24) is 9.97 Å². The monoisotopic (exact) mass is 382 g/mol. The van der Waals surface area contributed by atoms with Crippen molar-refractivity contribution in [1.29, 1.82) is 0 Å². The molecule has 144 valence electrons. The number of anilines is 1. The summed E-state index contributed by atoms with van der Waals surface area (Å²) in [4.78, 5) is 12.9. The molecule has 0 spiro atoms. The molecule has 28 heavy (non-hydrogen) atoms. The van der Waals surface area contributed by atoms with E-state index in [1.54, 1.807) is 26.4 Å². The second-order valence-electron chi connectivity index (χ2n) is 5.65. The van der Waals surface area contributed by atoms with E-state index < -0.39 is 5.82 Å². The van der Waals surface area contributed by atoms with Crippen LogP contribution in [0.5, 0.6) is 17.5 Å². The third kappa shape index (κ3) is 5.16. The number of nitrogens with zero attached hydrogens (tertiary/aromatic N) is 3. The van der Waals surface area contributed by atoms with Crippen LogP contribution in [-0.2, 0) is 6.54 Å². The van der Waals surface area contributed by atoms with Gasteiger partial charge in [0.05, 0.1) is 26.6 Å². The number of nitrogens with one attached hydrogen (secondary N) is 1. The smallest absolute Gasteiger partial charge is 0.347 e. The Hall–Kier alpha value is -3.68. The second-order valence-corrected chi connectivity index (χ2v) is 5.65. The zero-order valence-electron chi connectivity index (χ0n) is 15.4. The van der Waals surface area contributed by atoms with Crippen molar-refractivity contribution in [2.45, 2.75) is 6.54 Å². The van der Waals surface area contributed by atoms with Crippen LogP contribution >= 0.6 is 0 Å². The van der Waals surface area contributed by atoms with Gasteiger partial charge in [-0.05, 0) is 47.5 Å². The summed E-state index contributed by atoms with van der Waals surface area (Å²) in [6.07, 6.45) is 2.53. The number of hydrogen-bond donors (Lipinski definition) is 1. The number of methoxy groups -OCH3 is 2. The van der Waals surface area contributed by atoms with Crippen molar-refractivity contribution >= 4 is 12.0 Å². The van der Waals surface area contributed by atoms with Crippen molar-refractivity contribution in [2.75, 3.05) is 19.5 Å². The second kappa shape index (κ2) is 9.31. The SMILES string of the molecule is COc1ccc(/C=N/Oc2ncc(F)c(NCc3ccc(OC)cc3)n2)cc1. The highest BCUT2D eigenvalue weighted by atomic mass is 19.1. The van der Waals surface area contributed by atoms with Crippen LogP contribution in [0.4, 0.5) is 10.2 Å². The number of benzene rings is 2. The van der Waals surface area contributed by atoms with Gasteiger partial charge in [-0.15, -0.1) is 0 Å². The Bertz CT molecular complexity index is 931. The summed E-state index contributed by atoms with van der Waals surface area (Å²) in [6, 6.07) is 14.6. The third-order valence-corrected chi connectivity index (χ3v) is 3.79. The van der Waals surface area contributed by atoms with Crippen LogP contribution in [0.3, 0.4) is 0 Å². The Kier molecular flexibility index (Phi) is 6.35. The molecule has 0 atom stereocenters. The molecular weight excluding hydrogens is 363 g/mol. The van der Waals surface area contributed by atoms with Crippen LogP contribution in [0.2, 0.25) is 0 Å². The van der Waals surface area contributed by atoms with Crippen LogP contribution in [0, 0.1) is 5.82 Å². The van der Waals surface area contributed by atoms with Gasteiger partial charge in [-0.3, -0.25) is 0 Å². The Morgan fingerprint density at radius 1 is 1.00 bits per heavy atom. The van der Waals surface area contributed by atoms with Gasteiger partial charge in [-0.2, -0.15) is 9.97 Å². The van der Waals surface area contributed by atoms with Crippen LogP contribution in [0.25, 0.3) is 0 Å². The maximum atomic E-state index is 13.9. The largest absolute Gasteiger partial charge is 0.497 e. The highest BCUT2D eigenvalue weighted by molar-refractivity contribution is 5.79. The number of hydrogen-bond acceptors (Lipinski definition) is 7. The average Bonchev–Trinajstić information content (AvgIpc) is 2.75. The third-order valence-electron chi connectivity index (χ3n) is 3.79. The zero-order valence-corrected chi connectivity index (χ0v) is 15.4. The summed E-state index contributed by atoms with van der Waals surface area (Å²) in [6.45, 7) is 0.381. The Morgan fingerprint density at radius 2 is 1.64 bits per heavy atom. The van der Waals surface area contributed by atoms with Gasteiger partial charge in [0, 0.05) is 6.54 Å². The van der Waals surface area contributed by atoms with Gasteiger partial charge >= 0.3 is 6.01 Å². The molecule has 0 amide bonds. The highest BCUT2D eigenvalue weighted by Crippen LogP contribution is 2.16. The molecule has 7 nitrogen and oxygen atoms in total. The van der Waals surface area contributed by atoms with Gasteiger partial charge in [-0.1, -0.05) is 17.3 Å². The topological polar surface area (TPSA) is 77.9 Å². The molecule has 0 aliphatic carbocycles. The van der Waals surface area contributed by atoms with E-state index in [0.29, 0.717) is 6.54 Å². The van der Waals surface area contributed by atoms with E-state index in [2.05, 4.69) is 20.4 Å². The summed E-state index contributed by atoms with van der Waals surface area (Å²) < 4.78 is 24.1. The lowest BCUT2D eigenvalue weighted by Crippen LogP contribution is -2.05. The molecule has 3 aromatic rings. The van der Waals surface area contributed by atoms with Crippen LogP contribution in [-0.4, -0.2) is 30.4 Å². The molecule has 0 radical (unpaired) electrons. The molecule has 1 N–H and O–H groups in total. The number of oxime groups is 1. The predicted octanol–water partition coefficient (Wildman–Crippen LogP) is 3.66. The molecular formula is C20H19FN4O3. The highest BCUT2D eigenvalue weighted by Gasteiger charge is 2.08. The molecule has 0 aliphatic heterocycles. The molecule has 0 saturated carbocycles. The van der Waals surface area contributed by atoms with Gasteiger partial charge in [0.1, 0.15) is 11.5 Å². The standard InChI is InChI=1S/C20H19FN4O3/c1-26-16-7-3-14(4-8-16)11-22-19-18(21)13-23-20(25-19)28-24-12-15-5-9-17(27-2)10-6-15/h3-10,12-13H,11H2,1-2H3,(H,22,23,25)/b24-12+. The first kappa shape index (κ1) is 19.1. The van der Waals surface area contributed by atoms with E-state index in [4.69, 9.17) is 14.3 Å². The van der Waals surface area contributed by atoms with E-state index in [-0.39, 0.29) is 11.8 Å². The average molecular weight is 382 g/mol. The summed E-state index contributed by atoms with van der Waals surface area (Å²) in [7, 11) is 3.19. The van der Waals surface area contributed by atoms with Crippen molar-refractivity contribution < 1.29 is 18.7 Å². The lowest BCUT2D eigenvalue weighted by Gasteiger charge is -2.08. The van der Waals surface area contributed by atoms with Gasteiger partial charge in [-0.25, -0.2) is 4.39 Å². The van der Waals surface area contributed by atoms with E-state index >= 15 is 0 Å². The summed E-state index contributed by atoms with van der Waals surface area (Å²) >= 11 is 0. The molecule has 0 saturated heterocycles. The number of rotatable bonds is 8. The number of aromatic nitrogens is 2. The van der Waals surface area contributed by atoms with Gasteiger partial charge in [0.2, 0.25) is 0 Å². The lowest BCUT2D eigenvalue weighted by atomic mass is 10.2. The molecule has 0 unspecified atom stereocenters. The molecule has 0 fully saturated rings. The first-order valence-corrected chi connectivity index (χ1v) is 8.41. The minimum absolute atomic E-state index is 0.0282. The first-order chi connectivity index (χ1) is 13.7. The lowest BCUT2D eigenvalue weighted by molar-refractivity contribution is 0.314. The fourth-order valence-electron chi connectivity index (χ4n) is 2.27. The van der Waals surface area contributed by atoms with Crippen LogP contribution < -0.4 is 19.6 Å². The zero-order chi connectivity index (χ0) is 19.8. The maximum Gasteiger partial charge on any atom is 0.347 e. The maximum absolute atomic E-state index is 13.9. The van der Waals surface area contributed by atoms with E-state index in [0.717, 1.165) is 28.8 Å². The minimum Gasteiger partial charge on any atom is -0.497 e.